The van der Waals surface area contributed by atoms with Crippen molar-refractivity contribution in [3.63, 3.8) is 0 Å². The molecule has 3 atom stereocenters. The molecule has 1 saturated carbocycles. The first-order valence-electron chi connectivity index (χ1n) is 8.14. The molecular formula is C17H27N3. The molecule has 2 heterocycles. The molecule has 0 bridgehead atoms. The Morgan fingerprint density at radius 3 is 2.95 bits per heavy atom. The highest BCUT2D eigenvalue weighted by Gasteiger charge is 2.38. The second kappa shape index (κ2) is 6.23. The average molecular weight is 273 g/mol. The molecule has 3 unspecified atom stereocenters. The zero-order chi connectivity index (χ0) is 13.9. The van der Waals surface area contributed by atoms with E-state index in [0.29, 0.717) is 12.1 Å². The van der Waals surface area contributed by atoms with Gasteiger partial charge in [0.25, 0.3) is 0 Å². The van der Waals surface area contributed by atoms with Gasteiger partial charge in [0.05, 0.1) is 0 Å². The summed E-state index contributed by atoms with van der Waals surface area (Å²) >= 11 is 0. The molecule has 1 aliphatic carbocycles. The van der Waals surface area contributed by atoms with E-state index < -0.39 is 0 Å². The van der Waals surface area contributed by atoms with Crippen LogP contribution in [0.3, 0.4) is 0 Å². The molecular weight excluding hydrogens is 246 g/mol. The lowest BCUT2D eigenvalue weighted by Gasteiger charge is -2.43. The van der Waals surface area contributed by atoms with Crippen LogP contribution in [0, 0.1) is 11.8 Å². The van der Waals surface area contributed by atoms with Crippen LogP contribution < -0.4 is 5.32 Å². The van der Waals surface area contributed by atoms with E-state index in [4.69, 9.17) is 0 Å². The number of aromatic nitrogens is 1. The van der Waals surface area contributed by atoms with Crippen LogP contribution in [-0.4, -0.2) is 35.1 Å². The zero-order valence-electron chi connectivity index (χ0n) is 12.8. The molecule has 3 heteroatoms. The van der Waals surface area contributed by atoms with E-state index in [1.54, 1.807) is 0 Å². The topological polar surface area (TPSA) is 28.2 Å². The number of rotatable bonds is 5. The number of pyridine rings is 1. The Balaban J connectivity index is 1.70. The van der Waals surface area contributed by atoms with Gasteiger partial charge in [0.1, 0.15) is 0 Å². The van der Waals surface area contributed by atoms with Gasteiger partial charge in [-0.1, -0.05) is 26.3 Å². The number of hydrogen-bond donors (Lipinski definition) is 1. The Bertz CT molecular complexity index is 416. The lowest BCUT2D eigenvalue weighted by Crippen LogP contribution is -2.58. The van der Waals surface area contributed by atoms with E-state index >= 15 is 0 Å². The first kappa shape index (κ1) is 14.0. The number of piperazine rings is 1. The minimum Gasteiger partial charge on any atom is -0.311 e. The second-order valence-electron chi connectivity index (χ2n) is 6.60. The molecule has 110 valence electrons. The van der Waals surface area contributed by atoms with Gasteiger partial charge >= 0.3 is 0 Å². The minimum atomic E-state index is 0.662. The Hall–Kier alpha value is -0.930. The molecule has 1 saturated heterocycles. The molecule has 0 radical (unpaired) electrons. The summed E-state index contributed by atoms with van der Waals surface area (Å²) in [5.74, 6) is 1.68. The third-order valence-electron chi connectivity index (χ3n) is 5.09. The van der Waals surface area contributed by atoms with Crippen LogP contribution in [0.1, 0.15) is 38.7 Å². The van der Waals surface area contributed by atoms with Gasteiger partial charge in [-0.25, -0.2) is 0 Å². The fraction of sp³-hybridized carbons (Fsp3) is 0.706. The van der Waals surface area contributed by atoms with E-state index in [2.05, 4.69) is 35.1 Å². The normalized spacial score (nSPS) is 29.3. The highest BCUT2D eigenvalue weighted by molar-refractivity contribution is 5.09. The van der Waals surface area contributed by atoms with E-state index in [9.17, 15) is 0 Å². The van der Waals surface area contributed by atoms with Crippen molar-refractivity contribution in [2.24, 2.45) is 11.8 Å². The maximum atomic E-state index is 4.26. The second-order valence-corrected chi connectivity index (χ2v) is 6.60. The summed E-state index contributed by atoms with van der Waals surface area (Å²) in [7, 11) is 0. The largest absolute Gasteiger partial charge is 0.311 e. The highest BCUT2D eigenvalue weighted by atomic mass is 15.2. The third kappa shape index (κ3) is 3.21. The van der Waals surface area contributed by atoms with E-state index in [-0.39, 0.29) is 0 Å². The van der Waals surface area contributed by atoms with Gasteiger partial charge in [0.2, 0.25) is 0 Å². The van der Waals surface area contributed by atoms with Gasteiger partial charge in [-0.2, -0.15) is 0 Å². The van der Waals surface area contributed by atoms with Crippen molar-refractivity contribution in [2.75, 3.05) is 13.1 Å². The van der Waals surface area contributed by atoms with Gasteiger partial charge in [-0.05, 0) is 36.3 Å². The highest BCUT2D eigenvalue weighted by Crippen LogP contribution is 2.35. The first-order chi connectivity index (χ1) is 9.78. The molecule has 2 aliphatic rings. The quantitative estimate of drug-likeness (QED) is 0.894. The van der Waals surface area contributed by atoms with Gasteiger partial charge in [0, 0.05) is 44.1 Å². The van der Waals surface area contributed by atoms with E-state index in [0.717, 1.165) is 24.9 Å². The van der Waals surface area contributed by atoms with E-state index in [1.165, 1.54) is 31.4 Å². The summed E-state index contributed by atoms with van der Waals surface area (Å²) in [5, 5.41) is 3.80. The van der Waals surface area contributed by atoms with Crippen molar-refractivity contribution in [1.29, 1.82) is 0 Å². The van der Waals surface area contributed by atoms with E-state index in [1.807, 2.05) is 18.5 Å². The molecule has 0 amide bonds. The molecule has 3 rings (SSSR count). The summed E-state index contributed by atoms with van der Waals surface area (Å²) in [6.45, 7) is 8.10. The predicted octanol–water partition coefficient (Wildman–Crippen LogP) is 2.68. The van der Waals surface area contributed by atoms with Crippen molar-refractivity contribution >= 4 is 0 Å². The Morgan fingerprint density at radius 1 is 1.45 bits per heavy atom. The monoisotopic (exact) mass is 273 g/mol. The fourth-order valence-corrected chi connectivity index (χ4v) is 3.41. The van der Waals surface area contributed by atoms with Crippen LogP contribution in [0.15, 0.2) is 24.5 Å². The molecule has 1 aromatic heterocycles. The maximum Gasteiger partial charge on any atom is 0.0312 e. The Morgan fingerprint density at radius 2 is 2.30 bits per heavy atom. The standard InChI is InChI=1S/C17H27N3/c1-3-13(2)17-10-19-16(15-6-7-15)12-20(17)11-14-5-4-8-18-9-14/h4-5,8-9,13,15-17,19H,3,6-7,10-12H2,1-2H3. The smallest absolute Gasteiger partial charge is 0.0312 e. The molecule has 3 nitrogen and oxygen atoms in total. The van der Waals surface area contributed by atoms with Gasteiger partial charge in [0.15, 0.2) is 0 Å². The van der Waals surface area contributed by atoms with Gasteiger partial charge in [-0.15, -0.1) is 0 Å². The number of nitrogens with one attached hydrogen (secondary N) is 1. The molecule has 1 N–H and O–H groups in total. The summed E-state index contributed by atoms with van der Waals surface area (Å²) in [5.41, 5.74) is 1.34. The minimum absolute atomic E-state index is 0.662. The van der Waals surface area contributed by atoms with Crippen molar-refractivity contribution in [3.05, 3.63) is 30.1 Å². The van der Waals surface area contributed by atoms with Crippen molar-refractivity contribution in [3.8, 4) is 0 Å². The van der Waals surface area contributed by atoms with Crippen LogP contribution in [0.4, 0.5) is 0 Å². The Kier molecular flexibility index (Phi) is 4.37. The number of hydrogen-bond acceptors (Lipinski definition) is 3. The maximum absolute atomic E-state index is 4.26. The molecule has 2 fully saturated rings. The Labute approximate surface area is 122 Å². The summed E-state index contributed by atoms with van der Waals surface area (Å²) in [6.07, 6.45) is 7.98. The van der Waals surface area contributed by atoms with Crippen LogP contribution in [-0.2, 0) is 6.54 Å². The molecule has 0 aromatic carbocycles. The van der Waals surface area contributed by atoms with Crippen LogP contribution >= 0.6 is 0 Å². The fourth-order valence-electron chi connectivity index (χ4n) is 3.41. The molecule has 0 spiro atoms. The van der Waals surface area contributed by atoms with Crippen LogP contribution in [0.2, 0.25) is 0 Å². The summed E-state index contributed by atoms with van der Waals surface area (Å²) in [4.78, 5) is 6.96. The molecule has 20 heavy (non-hydrogen) atoms. The van der Waals surface area contributed by atoms with Crippen molar-refractivity contribution < 1.29 is 0 Å². The van der Waals surface area contributed by atoms with Crippen LogP contribution in [0.5, 0.6) is 0 Å². The van der Waals surface area contributed by atoms with Crippen LogP contribution in [0.25, 0.3) is 0 Å². The third-order valence-corrected chi connectivity index (χ3v) is 5.09. The predicted molar refractivity (Wildman–Crippen MR) is 82.4 cm³/mol. The van der Waals surface area contributed by atoms with Gasteiger partial charge in [-0.3, -0.25) is 9.88 Å². The van der Waals surface area contributed by atoms with Crippen molar-refractivity contribution in [1.82, 2.24) is 15.2 Å². The first-order valence-corrected chi connectivity index (χ1v) is 8.14. The summed E-state index contributed by atoms with van der Waals surface area (Å²) < 4.78 is 0. The lowest BCUT2D eigenvalue weighted by atomic mass is 9.93. The molecule has 1 aliphatic heterocycles. The summed E-state index contributed by atoms with van der Waals surface area (Å²) in [6, 6.07) is 5.63. The van der Waals surface area contributed by atoms with Gasteiger partial charge < -0.3 is 5.32 Å². The zero-order valence-corrected chi connectivity index (χ0v) is 12.8. The number of nitrogens with zero attached hydrogens (tertiary/aromatic N) is 2. The average Bonchev–Trinajstić information content (AvgIpc) is 3.32. The van der Waals surface area contributed by atoms with Crippen molar-refractivity contribution in [2.45, 2.75) is 51.7 Å². The SMILES string of the molecule is CCC(C)C1CNC(C2CC2)CN1Cc1cccnc1. The lowest BCUT2D eigenvalue weighted by molar-refractivity contribution is 0.0786. The molecule has 1 aromatic rings.